The molecule has 1 aliphatic rings. The van der Waals surface area contributed by atoms with E-state index < -0.39 is 6.23 Å². The Labute approximate surface area is 151 Å². The normalized spacial score (nSPS) is 19.0. The summed E-state index contributed by atoms with van der Waals surface area (Å²) in [4.78, 5) is 23.0. The molecule has 0 aromatic heterocycles. The molecular formula is C14H29N2O6Sn. The van der Waals surface area contributed by atoms with Crippen LogP contribution in [0.4, 0.5) is 0 Å². The molecular weight excluding hydrogens is 411 g/mol. The van der Waals surface area contributed by atoms with Crippen LogP contribution in [-0.2, 0) is 14.3 Å². The van der Waals surface area contributed by atoms with Crippen molar-refractivity contribution < 1.29 is 30.4 Å². The second kappa shape index (κ2) is 17.7. The van der Waals surface area contributed by atoms with Crippen LogP contribution in [0.15, 0.2) is 12.3 Å². The van der Waals surface area contributed by atoms with Crippen LogP contribution in [0.25, 0.3) is 0 Å². The fourth-order valence-corrected chi connectivity index (χ4v) is 2.66. The van der Waals surface area contributed by atoms with Gasteiger partial charge < -0.3 is 26.1 Å². The van der Waals surface area contributed by atoms with Gasteiger partial charge in [0.25, 0.3) is 0 Å². The second-order valence-corrected chi connectivity index (χ2v) is 5.99. The van der Waals surface area contributed by atoms with Crippen molar-refractivity contribution in [1.82, 2.24) is 10.2 Å². The molecule has 23 heavy (non-hydrogen) atoms. The predicted molar refractivity (Wildman–Crippen MR) is 88.8 cm³/mol. The Balaban J connectivity index is -0.000000502. The Kier molecular flexibility index (Phi) is 20.9. The number of hydrogen-bond acceptors (Lipinski definition) is 4. The monoisotopic (exact) mass is 441 g/mol. The minimum absolute atomic E-state index is 0. The zero-order chi connectivity index (χ0) is 16.1. The van der Waals surface area contributed by atoms with Crippen LogP contribution in [0.1, 0.15) is 32.6 Å². The summed E-state index contributed by atoms with van der Waals surface area (Å²) in [6.07, 6.45) is 6.77. The van der Waals surface area contributed by atoms with Crippen molar-refractivity contribution in [1.29, 1.82) is 0 Å². The Hall–Kier alpha value is -0.681. The van der Waals surface area contributed by atoms with Gasteiger partial charge in [-0.1, -0.05) is 0 Å². The fourth-order valence-electron chi connectivity index (χ4n) is 1.65. The molecule has 0 saturated carbocycles. The van der Waals surface area contributed by atoms with E-state index >= 15 is 0 Å². The van der Waals surface area contributed by atoms with Crippen molar-refractivity contribution in [3.63, 3.8) is 0 Å². The summed E-state index contributed by atoms with van der Waals surface area (Å²) in [5, 5.41) is 11.3. The van der Waals surface area contributed by atoms with E-state index in [9.17, 15) is 9.59 Å². The van der Waals surface area contributed by atoms with E-state index in [0.717, 1.165) is 0 Å². The Morgan fingerprint density at radius 2 is 2.09 bits per heavy atom. The van der Waals surface area contributed by atoms with Crippen molar-refractivity contribution >= 4 is 34.8 Å². The van der Waals surface area contributed by atoms with Gasteiger partial charge in [-0.25, -0.2) is 0 Å². The van der Waals surface area contributed by atoms with Gasteiger partial charge in [0.15, 0.2) is 0 Å². The molecule has 9 heteroatoms. The standard InChI is InChI=1S/C10H16N2O4.C4H9.2H2O.Sn/c1-11-9(15)4-5-12(7-14)10-3-2-8(6-13)16-10;1-3-4-2;;;/h4-5,7-8,10,13H,2-3,6H2,1H3,(H,11,15);1,3-4H2,2H3;2*1H2;/b5-4-;;;;. The van der Waals surface area contributed by atoms with Crippen LogP contribution in [0.2, 0.25) is 4.44 Å². The summed E-state index contributed by atoms with van der Waals surface area (Å²) in [5.74, 6) is -0.288. The molecule has 1 heterocycles. The molecule has 135 valence electrons. The van der Waals surface area contributed by atoms with Gasteiger partial charge in [0.05, 0.1) is 12.7 Å². The van der Waals surface area contributed by atoms with Gasteiger partial charge in [-0.05, 0) is 12.8 Å². The molecule has 3 radical (unpaired) electrons. The number of aliphatic hydroxyl groups excluding tert-OH is 1. The first kappa shape index (κ1) is 27.2. The summed E-state index contributed by atoms with van der Waals surface area (Å²) in [6.45, 7) is 2.17. The summed E-state index contributed by atoms with van der Waals surface area (Å²) in [6, 6.07) is 0. The van der Waals surface area contributed by atoms with Crippen LogP contribution < -0.4 is 5.32 Å². The first-order chi connectivity index (χ1) is 10.1. The molecule has 1 aliphatic heterocycles. The quantitative estimate of drug-likeness (QED) is 0.295. The molecule has 1 rings (SSSR count). The molecule has 1 saturated heterocycles. The van der Waals surface area contributed by atoms with Gasteiger partial charge in [0.2, 0.25) is 12.3 Å². The van der Waals surface area contributed by atoms with E-state index in [-0.39, 0.29) is 29.6 Å². The minimum atomic E-state index is -0.393. The van der Waals surface area contributed by atoms with Crippen molar-refractivity contribution in [3.8, 4) is 0 Å². The third-order valence-electron chi connectivity index (χ3n) is 2.92. The van der Waals surface area contributed by atoms with Crippen molar-refractivity contribution in [3.05, 3.63) is 12.3 Å². The maximum Gasteiger partial charge on any atom is 0.245 e. The fraction of sp³-hybridized carbons (Fsp3) is 0.714. The maximum absolute atomic E-state index is 10.9. The molecule has 2 amide bonds. The van der Waals surface area contributed by atoms with Crippen molar-refractivity contribution in [2.75, 3.05) is 13.7 Å². The van der Waals surface area contributed by atoms with Crippen molar-refractivity contribution in [2.45, 2.75) is 49.4 Å². The molecule has 1 fully saturated rings. The smallest absolute Gasteiger partial charge is 0.245 e. The van der Waals surface area contributed by atoms with Crippen LogP contribution in [0, 0.1) is 0 Å². The van der Waals surface area contributed by atoms with Crippen LogP contribution in [0.5, 0.6) is 0 Å². The van der Waals surface area contributed by atoms with Gasteiger partial charge in [0, 0.05) is 19.3 Å². The number of carbonyl (C=O) groups is 2. The molecule has 0 aromatic carbocycles. The average molecular weight is 440 g/mol. The summed E-state index contributed by atoms with van der Waals surface area (Å²) >= 11 is 1.68. The van der Waals surface area contributed by atoms with E-state index in [2.05, 4.69) is 12.2 Å². The van der Waals surface area contributed by atoms with Gasteiger partial charge in [-0.15, -0.1) is 0 Å². The zero-order valence-electron chi connectivity index (χ0n) is 13.7. The van der Waals surface area contributed by atoms with E-state index in [1.165, 1.54) is 41.5 Å². The Morgan fingerprint density at radius 3 is 2.43 bits per heavy atom. The molecule has 0 spiro atoms. The van der Waals surface area contributed by atoms with E-state index in [0.29, 0.717) is 19.3 Å². The molecule has 2 unspecified atom stereocenters. The number of carbonyl (C=O) groups excluding carboxylic acids is 2. The number of rotatable bonds is 7. The summed E-state index contributed by atoms with van der Waals surface area (Å²) in [7, 11) is 1.51. The third-order valence-corrected chi connectivity index (χ3v) is 3.93. The van der Waals surface area contributed by atoms with Gasteiger partial charge in [0.1, 0.15) is 6.23 Å². The number of amides is 2. The van der Waals surface area contributed by atoms with E-state index in [1.54, 1.807) is 22.5 Å². The van der Waals surface area contributed by atoms with E-state index in [1.807, 2.05) is 0 Å². The summed E-state index contributed by atoms with van der Waals surface area (Å²) < 4.78 is 6.83. The van der Waals surface area contributed by atoms with Gasteiger partial charge in [-0.3, -0.25) is 14.5 Å². The van der Waals surface area contributed by atoms with Gasteiger partial charge in [-0.2, -0.15) is 0 Å². The maximum atomic E-state index is 10.9. The van der Waals surface area contributed by atoms with Crippen LogP contribution in [-0.4, -0.2) is 81.8 Å². The molecule has 6 N–H and O–H groups in total. The SMILES string of the molecule is CCC[CH2][Sn].CNC(=O)/C=C\N(C=O)C1CCC(CO)O1.O.O. The van der Waals surface area contributed by atoms with Gasteiger partial charge >= 0.3 is 46.7 Å². The Bertz CT molecular complexity index is 328. The topological polar surface area (TPSA) is 142 Å². The van der Waals surface area contributed by atoms with Crippen LogP contribution >= 0.6 is 0 Å². The number of likely N-dealkylation sites (N-methyl/N-ethyl adjacent to an activating group) is 1. The number of unbranched alkanes of at least 4 members (excludes halogenated alkanes) is 1. The first-order valence-corrected chi connectivity index (χ1v) is 9.18. The molecule has 0 bridgehead atoms. The predicted octanol–water partition coefficient (Wildman–Crippen LogP) is -1.07. The average Bonchev–Trinajstić information content (AvgIpc) is 2.98. The number of nitrogens with one attached hydrogen (secondary N) is 1. The minimum Gasteiger partial charge on any atom is -0.412 e. The molecule has 0 aromatic rings. The molecule has 2 atom stereocenters. The Morgan fingerprint density at radius 1 is 1.43 bits per heavy atom. The van der Waals surface area contributed by atoms with Crippen LogP contribution in [0.3, 0.4) is 0 Å². The molecule has 8 nitrogen and oxygen atoms in total. The third kappa shape index (κ3) is 12.4. The number of aliphatic hydroxyl groups is 1. The first-order valence-electron chi connectivity index (χ1n) is 7.16. The number of hydrogen-bond donors (Lipinski definition) is 2. The van der Waals surface area contributed by atoms with E-state index in [4.69, 9.17) is 9.84 Å². The number of nitrogens with zero attached hydrogens (tertiary/aromatic N) is 1. The summed E-state index contributed by atoms with van der Waals surface area (Å²) in [5.41, 5.74) is 0. The number of ether oxygens (including phenoxy) is 1. The van der Waals surface area contributed by atoms with Crippen molar-refractivity contribution in [2.24, 2.45) is 0 Å². The molecule has 0 aliphatic carbocycles. The second-order valence-electron chi connectivity index (χ2n) is 4.56. The zero-order valence-corrected chi connectivity index (χ0v) is 16.6. The largest absolute Gasteiger partial charge is 0.412 e.